The van der Waals surface area contributed by atoms with E-state index >= 15 is 0 Å². The second kappa shape index (κ2) is 6.44. The number of hydrogen-bond acceptors (Lipinski definition) is 3. The van der Waals surface area contributed by atoms with E-state index in [0.717, 1.165) is 25.7 Å². The van der Waals surface area contributed by atoms with Crippen LogP contribution >= 0.6 is 0 Å². The van der Waals surface area contributed by atoms with Crippen molar-refractivity contribution < 1.29 is 13.2 Å². The van der Waals surface area contributed by atoms with Gasteiger partial charge in [0.2, 0.25) is 10.0 Å². The minimum atomic E-state index is -3.73. The summed E-state index contributed by atoms with van der Waals surface area (Å²) in [6.45, 7) is 1.80. The third-order valence-electron chi connectivity index (χ3n) is 3.72. The summed E-state index contributed by atoms with van der Waals surface area (Å²) < 4.78 is 22.7. The summed E-state index contributed by atoms with van der Waals surface area (Å²) in [6, 6.07) is 6.01. The molecule has 0 spiro atoms. The summed E-state index contributed by atoms with van der Waals surface area (Å²) in [6.07, 6.45) is 4.33. The highest BCUT2D eigenvalue weighted by molar-refractivity contribution is 7.89. The molecular formula is C14H21N3O3S. The number of rotatable bonds is 4. The van der Waals surface area contributed by atoms with Crippen LogP contribution in [0.15, 0.2) is 29.2 Å². The Bertz CT molecular complexity index is 610. The van der Waals surface area contributed by atoms with Gasteiger partial charge in [-0.1, -0.05) is 25.0 Å². The van der Waals surface area contributed by atoms with Crippen molar-refractivity contribution in [2.24, 2.45) is 5.14 Å². The van der Waals surface area contributed by atoms with Gasteiger partial charge in [-0.3, -0.25) is 0 Å². The lowest BCUT2D eigenvalue weighted by Gasteiger charge is -2.18. The number of hydrogen-bond donors (Lipinski definition) is 3. The molecule has 7 heteroatoms. The van der Waals surface area contributed by atoms with Crippen LogP contribution in [0.3, 0.4) is 0 Å². The maximum atomic E-state index is 11.9. The van der Waals surface area contributed by atoms with Gasteiger partial charge in [0.25, 0.3) is 0 Å². The number of urea groups is 1. The summed E-state index contributed by atoms with van der Waals surface area (Å²) in [5, 5.41) is 10.9. The van der Waals surface area contributed by atoms with Gasteiger partial charge in [-0.05, 0) is 37.5 Å². The Balaban J connectivity index is 1.99. The first-order chi connectivity index (χ1) is 9.86. The maximum Gasteiger partial charge on any atom is 0.315 e. The van der Waals surface area contributed by atoms with E-state index in [4.69, 9.17) is 5.14 Å². The van der Waals surface area contributed by atoms with Crippen LogP contribution in [-0.2, 0) is 10.0 Å². The molecule has 0 aromatic heterocycles. The second-order valence-electron chi connectivity index (χ2n) is 5.44. The average molecular weight is 311 g/mol. The highest BCUT2D eigenvalue weighted by Crippen LogP contribution is 2.19. The largest absolute Gasteiger partial charge is 0.335 e. The second-order valence-corrected chi connectivity index (χ2v) is 7.00. The molecule has 21 heavy (non-hydrogen) atoms. The highest BCUT2D eigenvalue weighted by atomic mass is 32.2. The molecule has 0 bridgehead atoms. The van der Waals surface area contributed by atoms with Crippen LogP contribution in [0.4, 0.5) is 4.79 Å². The van der Waals surface area contributed by atoms with E-state index in [9.17, 15) is 13.2 Å². The lowest BCUT2D eigenvalue weighted by atomic mass is 10.1. The maximum absolute atomic E-state index is 11.9. The number of amides is 2. The van der Waals surface area contributed by atoms with E-state index in [2.05, 4.69) is 10.6 Å². The molecule has 6 nitrogen and oxygen atoms in total. The molecule has 0 aliphatic heterocycles. The lowest BCUT2D eigenvalue weighted by Crippen LogP contribution is -2.41. The fourth-order valence-electron chi connectivity index (χ4n) is 2.54. The molecule has 1 atom stereocenters. The Morgan fingerprint density at radius 2 is 2.00 bits per heavy atom. The van der Waals surface area contributed by atoms with Crippen molar-refractivity contribution in [3.8, 4) is 0 Å². The van der Waals surface area contributed by atoms with Gasteiger partial charge >= 0.3 is 6.03 Å². The Morgan fingerprint density at radius 3 is 2.62 bits per heavy atom. The summed E-state index contributed by atoms with van der Waals surface area (Å²) in [5.74, 6) is 0. The molecule has 1 aromatic rings. The van der Waals surface area contributed by atoms with Crippen molar-refractivity contribution in [2.75, 3.05) is 0 Å². The molecule has 2 amide bonds. The van der Waals surface area contributed by atoms with Crippen molar-refractivity contribution >= 4 is 16.1 Å². The molecule has 1 unspecified atom stereocenters. The van der Waals surface area contributed by atoms with Crippen molar-refractivity contribution in [1.82, 2.24) is 10.6 Å². The standard InChI is InChI=1S/C14H21N3O3S/c1-10(16-14(18)17-12-6-2-3-7-12)11-5-4-8-13(9-11)21(15,19)20/h4-5,8-10,12H,2-3,6-7H2,1H3,(H2,15,19,20)(H2,16,17,18). The Morgan fingerprint density at radius 1 is 1.33 bits per heavy atom. The first-order valence-corrected chi connectivity index (χ1v) is 8.60. The van der Waals surface area contributed by atoms with E-state index in [1.807, 2.05) is 0 Å². The third-order valence-corrected chi connectivity index (χ3v) is 4.64. The molecular weight excluding hydrogens is 290 g/mol. The zero-order chi connectivity index (χ0) is 15.5. The quantitative estimate of drug-likeness (QED) is 0.787. The zero-order valence-electron chi connectivity index (χ0n) is 12.0. The van der Waals surface area contributed by atoms with Crippen molar-refractivity contribution in [1.29, 1.82) is 0 Å². The smallest absolute Gasteiger partial charge is 0.315 e. The molecule has 2 rings (SSSR count). The van der Waals surface area contributed by atoms with Crippen molar-refractivity contribution in [3.63, 3.8) is 0 Å². The van der Waals surface area contributed by atoms with Crippen LogP contribution in [0.1, 0.15) is 44.2 Å². The number of nitrogens with one attached hydrogen (secondary N) is 2. The SMILES string of the molecule is CC(NC(=O)NC1CCCC1)c1cccc(S(N)(=O)=O)c1. The average Bonchev–Trinajstić information content (AvgIpc) is 2.90. The predicted octanol–water partition coefficient (Wildman–Crippen LogP) is 1.64. The number of sulfonamides is 1. The molecule has 1 aliphatic carbocycles. The Labute approximate surface area is 125 Å². The highest BCUT2D eigenvalue weighted by Gasteiger charge is 2.18. The summed E-state index contributed by atoms with van der Waals surface area (Å²) in [4.78, 5) is 11.9. The first kappa shape index (κ1) is 15.8. The van der Waals surface area contributed by atoms with E-state index in [-0.39, 0.29) is 23.0 Å². The molecule has 0 saturated heterocycles. The molecule has 116 valence electrons. The molecule has 0 heterocycles. The number of carbonyl (C=O) groups excluding carboxylic acids is 1. The van der Waals surface area contributed by atoms with Gasteiger partial charge in [-0.2, -0.15) is 0 Å². The van der Waals surface area contributed by atoms with Gasteiger partial charge in [-0.15, -0.1) is 0 Å². The summed E-state index contributed by atoms with van der Waals surface area (Å²) in [7, 11) is -3.73. The predicted molar refractivity (Wildman–Crippen MR) is 80.2 cm³/mol. The molecule has 1 fully saturated rings. The topological polar surface area (TPSA) is 101 Å². The van der Waals surface area contributed by atoms with Crippen LogP contribution in [0.5, 0.6) is 0 Å². The van der Waals surface area contributed by atoms with Crippen LogP contribution in [0, 0.1) is 0 Å². The van der Waals surface area contributed by atoms with E-state index in [0.29, 0.717) is 5.56 Å². The van der Waals surface area contributed by atoms with Gasteiger partial charge in [0.15, 0.2) is 0 Å². The van der Waals surface area contributed by atoms with Crippen LogP contribution < -0.4 is 15.8 Å². The minimum absolute atomic E-state index is 0.0462. The molecule has 1 aliphatic rings. The monoisotopic (exact) mass is 311 g/mol. The lowest BCUT2D eigenvalue weighted by molar-refractivity contribution is 0.234. The minimum Gasteiger partial charge on any atom is -0.335 e. The molecule has 1 saturated carbocycles. The van der Waals surface area contributed by atoms with E-state index in [1.54, 1.807) is 19.1 Å². The summed E-state index contributed by atoms with van der Waals surface area (Å²) in [5.41, 5.74) is 0.697. The van der Waals surface area contributed by atoms with Gasteiger partial charge in [0.05, 0.1) is 10.9 Å². The zero-order valence-corrected chi connectivity index (χ0v) is 12.8. The van der Waals surface area contributed by atoms with Crippen LogP contribution in [-0.4, -0.2) is 20.5 Å². The third kappa shape index (κ3) is 4.44. The van der Waals surface area contributed by atoms with Crippen molar-refractivity contribution in [3.05, 3.63) is 29.8 Å². The fourth-order valence-corrected chi connectivity index (χ4v) is 3.11. The van der Waals surface area contributed by atoms with Crippen LogP contribution in [0.2, 0.25) is 0 Å². The summed E-state index contributed by atoms with van der Waals surface area (Å²) >= 11 is 0. The van der Waals surface area contributed by atoms with Gasteiger partial charge in [0.1, 0.15) is 0 Å². The Hall–Kier alpha value is -1.60. The molecule has 1 aromatic carbocycles. The number of carbonyl (C=O) groups is 1. The molecule has 4 N–H and O–H groups in total. The normalized spacial score (nSPS) is 17.4. The first-order valence-electron chi connectivity index (χ1n) is 7.06. The van der Waals surface area contributed by atoms with E-state index < -0.39 is 10.0 Å². The van der Waals surface area contributed by atoms with Gasteiger partial charge in [0, 0.05) is 6.04 Å². The van der Waals surface area contributed by atoms with Crippen molar-refractivity contribution in [2.45, 2.75) is 49.6 Å². The molecule has 0 radical (unpaired) electrons. The number of nitrogens with two attached hydrogens (primary N) is 1. The Kier molecular flexibility index (Phi) is 4.84. The fraction of sp³-hybridized carbons (Fsp3) is 0.500. The van der Waals surface area contributed by atoms with Gasteiger partial charge < -0.3 is 10.6 Å². The van der Waals surface area contributed by atoms with Crippen LogP contribution in [0.25, 0.3) is 0 Å². The number of primary sulfonamides is 1. The van der Waals surface area contributed by atoms with E-state index in [1.165, 1.54) is 12.1 Å². The van der Waals surface area contributed by atoms with Gasteiger partial charge in [-0.25, -0.2) is 18.4 Å². The number of benzene rings is 1.